The van der Waals surface area contributed by atoms with E-state index >= 15 is 0 Å². The van der Waals surface area contributed by atoms with Crippen LogP contribution in [0, 0.1) is 5.92 Å². The molecule has 0 saturated carbocycles. The number of hydrogen-bond donors (Lipinski definition) is 1. The van der Waals surface area contributed by atoms with Crippen LogP contribution in [0.3, 0.4) is 0 Å². The number of aryl methyl sites for hydroxylation is 1. The number of nitrogens with zero attached hydrogens (tertiary/aromatic N) is 3. The van der Waals surface area contributed by atoms with E-state index in [-0.39, 0.29) is 23.4 Å². The summed E-state index contributed by atoms with van der Waals surface area (Å²) in [5.41, 5.74) is 0.896. The maximum absolute atomic E-state index is 12.9. The van der Waals surface area contributed by atoms with Crippen LogP contribution in [0.5, 0.6) is 5.75 Å². The van der Waals surface area contributed by atoms with Crippen molar-refractivity contribution in [2.45, 2.75) is 44.8 Å². The highest BCUT2D eigenvalue weighted by Gasteiger charge is 2.34. The molecule has 0 unspecified atom stereocenters. The minimum Gasteiger partial charge on any atom is -0.494 e. The molecule has 1 amide bonds. The van der Waals surface area contributed by atoms with E-state index in [4.69, 9.17) is 4.74 Å². The lowest BCUT2D eigenvalue weighted by Gasteiger charge is -2.30. The molecular weight excluding hydrogens is 392 g/mol. The van der Waals surface area contributed by atoms with Gasteiger partial charge in [-0.3, -0.25) is 4.79 Å². The third-order valence-corrected chi connectivity index (χ3v) is 6.81. The van der Waals surface area contributed by atoms with Crippen LogP contribution in [0.2, 0.25) is 0 Å². The molecule has 8 nitrogen and oxygen atoms in total. The van der Waals surface area contributed by atoms with Crippen LogP contribution >= 0.6 is 0 Å². The normalized spacial score (nSPS) is 17.8. The molecule has 9 heteroatoms. The fourth-order valence-corrected chi connectivity index (χ4v) is 4.88. The van der Waals surface area contributed by atoms with Gasteiger partial charge in [0.15, 0.2) is 5.03 Å². The second kappa shape index (κ2) is 9.41. The van der Waals surface area contributed by atoms with E-state index in [2.05, 4.69) is 10.3 Å². The van der Waals surface area contributed by atoms with E-state index in [1.54, 1.807) is 4.57 Å². The first-order valence-corrected chi connectivity index (χ1v) is 11.4. The van der Waals surface area contributed by atoms with E-state index in [0.717, 1.165) is 11.3 Å². The number of nitrogens with one attached hydrogen (secondary N) is 1. The first-order valence-electron chi connectivity index (χ1n) is 9.96. The second-order valence-electron chi connectivity index (χ2n) is 7.00. The Morgan fingerprint density at radius 2 is 2.10 bits per heavy atom. The summed E-state index contributed by atoms with van der Waals surface area (Å²) in [5, 5.41) is 2.97. The highest BCUT2D eigenvalue weighted by Crippen LogP contribution is 2.24. The number of amides is 1. The summed E-state index contributed by atoms with van der Waals surface area (Å²) in [6.45, 7) is 5.95. The molecule has 2 aromatic rings. The van der Waals surface area contributed by atoms with Crippen molar-refractivity contribution in [3.05, 3.63) is 42.4 Å². The fourth-order valence-electron chi connectivity index (χ4n) is 3.43. The summed E-state index contributed by atoms with van der Waals surface area (Å²) in [5.74, 6) is 0.219. The van der Waals surface area contributed by atoms with Crippen molar-refractivity contribution in [1.29, 1.82) is 0 Å². The Balaban J connectivity index is 1.63. The Labute approximate surface area is 171 Å². The highest BCUT2D eigenvalue weighted by atomic mass is 32.2. The molecule has 1 atom stereocenters. The number of para-hydroxylation sites is 1. The molecule has 1 aliphatic heterocycles. The van der Waals surface area contributed by atoms with Gasteiger partial charge in [-0.1, -0.05) is 18.2 Å². The Bertz CT molecular complexity index is 941. The lowest BCUT2D eigenvalue weighted by Crippen LogP contribution is -2.45. The Hall–Kier alpha value is -2.39. The first kappa shape index (κ1) is 21.3. The van der Waals surface area contributed by atoms with Crippen molar-refractivity contribution in [1.82, 2.24) is 19.2 Å². The topological polar surface area (TPSA) is 93.5 Å². The predicted octanol–water partition coefficient (Wildman–Crippen LogP) is 2.02. The average Bonchev–Trinajstić information content (AvgIpc) is 3.23. The second-order valence-corrected chi connectivity index (χ2v) is 8.89. The van der Waals surface area contributed by atoms with E-state index in [9.17, 15) is 13.2 Å². The van der Waals surface area contributed by atoms with E-state index < -0.39 is 10.0 Å². The lowest BCUT2D eigenvalue weighted by molar-refractivity contribution is -0.126. The summed E-state index contributed by atoms with van der Waals surface area (Å²) in [4.78, 5) is 16.7. The maximum Gasteiger partial charge on any atom is 0.262 e. The molecule has 158 valence electrons. The van der Waals surface area contributed by atoms with E-state index in [0.29, 0.717) is 39.1 Å². The Morgan fingerprint density at radius 3 is 2.83 bits per heavy atom. The van der Waals surface area contributed by atoms with Gasteiger partial charge < -0.3 is 14.6 Å². The van der Waals surface area contributed by atoms with Crippen molar-refractivity contribution in [2.24, 2.45) is 5.92 Å². The molecule has 2 heterocycles. The molecule has 0 spiro atoms. The molecule has 0 bridgehead atoms. The summed E-state index contributed by atoms with van der Waals surface area (Å²) < 4.78 is 34.4. The molecule has 29 heavy (non-hydrogen) atoms. The summed E-state index contributed by atoms with van der Waals surface area (Å²) in [6.07, 6.45) is 4.34. The van der Waals surface area contributed by atoms with Gasteiger partial charge in [0, 0.05) is 37.9 Å². The molecule has 1 fully saturated rings. The molecule has 1 N–H and O–H groups in total. The van der Waals surface area contributed by atoms with Gasteiger partial charge in [-0.05, 0) is 32.8 Å². The van der Waals surface area contributed by atoms with Crippen molar-refractivity contribution >= 4 is 15.9 Å². The number of rotatable bonds is 8. The third kappa shape index (κ3) is 4.97. The molecule has 1 aromatic carbocycles. The quantitative estimate of drug-likeness (QED) is 0.705. The zero-order valence-corrected chi connectivity index (χ0v) is 17.7. The standard InChI is InChI=1S/C20H28N4O4S/c1-3-23-14-19(22-15-23)29(26,27)24-11-7-9-17(13-24)20(25)21-12-16-8-5-6-10-18(16)28-4-2/h5-6,8,10,14-15,17H,3-4,7,9,11-13H2,1-2H3,(H,21,25)/t17-/m1/s1. The van der Waals surface area contributed by atoms with Crippen LogP contribution in [0.25, 0.3) is 0 Å². The van der Waals surface area contributed by atoms with Crippen LogP contribution in [0.1, 0.15) is 32.3 Å². The molecule has 3 rings (SSSR count). The van der Waals surface area contributed by atoms with Gasteiger partial charge >= 0.3 is 0 Å². The molecule has 0 aliphatic carbocycles. The number of carbonyl (C=O) groups is 1. The average molecular weight is 421 g/mol. The van der Waals surface area contributed by atoms with Gasteiger partial charge in [0.05, 0.1) is 18.9 Å². The zero-order chi connectivity index (χ0) is 20.9. The predicted molar refractivity (Wildman–Crippen MR) is 109 cm³/mol. The number of imidazole rings is 1. The Kier molecular flexibility index (Phi) is 6.92. The summed E-state index contributed by atoms with van der Waals surface area (Å²) in [7, 11) is -3.70. The molecule has 0 radical (unpaired) electrons. The van der Waals surface area contributed by atoms with E-state index in [1.165, 1.54) is 16.8 Å². The molecule has 1 saturated heterocycles. The van der Waals surface area contributed by atoms with Crippen molar-refractivity contribution in [2.75, 3.05) is 19.7 Å². The zero-order valence-electron chi connectivity index (χ0n) is 16.9. The minimum atomic E-state index is -3.70. The molecule has 1 aromatic heterocycles. The van der Waals surface area contributed by atoms with Crippen molar-refractivity contribution in [3.63, 3.8) is 0 Å². The van der Waals surface area contributed by atoms with Gasteiger partial charge in [0.2, 0.25) is 5.91 Å². The molecule has 1 aliphatic rings. The SMILES string of the molecule is CCOc1ccccc1CNC(=O)[C@@H]1CCCN(S(=O)(=O)c2cn(CC)cn2)C1. The number of carbonyl (C=O) groups excluding carboxylic acids is 1. The van der Waals surface area contributed by atoms with Crippen molar-refractivity contribution < 1.29 is 17.9 Å². The number of hydrogen-bond acceptors (Lipinski definition) is 5. The number of piperidine rings is 1. The van der Waals surface area contributed by atoms with Gasteiger partial charge in [0.1, 0.15) is 5.75 Å². The number of benzene rings is 1. The van der Waals surface area contributed by atoms with Crippen molar-refractivity contribution in [3.8, 4) is 5.75 Å². The van der Waals surface area contributed by atoms with Gasteiger partial charge in [-0.2, -0.15) is 4.31 Å². The number of sulfonamides is 1. The lowest BCUT2D eigenvalue weighted by atomic mass is 9.98. The summed E-state index contributed by atoms with van der Waals surface area (Å²) >= 11 is 0. The largest absolute Gasteiger partial charge is 0.494 e. The first-order chi connectivity index (χ1) is 14.0. The third-order valence-electron chi connectivity index (χ3n) is 5.06. The van der Waals surface area contributed by atoms with Crippen LogP contribution in [0.15, 0.2) is 41.8 Å². The highest BCUT2D eigenvalue weighted by molar-refractivity contribution is 7.89. The van der Waals surface area contributed by atoms with Gasteiger partial charge in [0.25, 0.3) is 10.0 Å². The van der Waals surface area contributed by atoms with Crippen LogP contribution in [-0.4, -0.2) is 47.9 Å². The van der Waals surface area contributed by atoms with Crippen LogP contribution in [-0.2, 0) is 27.9 Å². The number of ether oxygens (including phenoxy) is 1. The smallest absolute Gasteiger partial charge is 0.262 e. The minimum absolute atomic E-state index is 0.0334. The Morgan fingerprint density at radius 1 is 1.31 bits per heavy atom. The van der Waals surface area contributed by atoms with Crippen LogP contribution < -0.4 is 10.1 Å². The summed E-state index contributed by atoms with van der Waals surface area (Å²) in [6, 6.07) is 7.57. The monoisotopic (exact) mass is 420 g/mol. The maximum atomic E-state index is 12.9. The fraction of sp³-hybridized carbons (Fsp3) is 0.500. The van der Waals surface area contributed by atoms with Crippen LogP contribution in [0.4, 0.5) is 0 Å². The number of aromatic nitrogens is 2. The van der Waals surface area contributed by atoms with E-state index in [1.807, 2.05) is 38.1 Å². The van der Waals surface area contributed by atoms with Gasteiger partial charge in [-0.25, -0.2) is 13.4 Å². The molecular formula is C20H28N4O4S. The van der Waals surface area contributed by atoms with Gasteiger partial charge in [-0.15, -0.1) is 0 Å².